The second-order valence-electron chi connectivity index (χ2n) is 5.90. The summed E-state index contributed by atoms with van der Waals surface area (Å²) in [5.41, 5.74) is 2.33. The highest BCUT2D eigenvalue weighted by Crippen LogP contribution is 2.13. The van der Waals surface area contributed by atoms with Crippen molar-refractivity contribution in [2.45, 2.75) is 13.2 Å². The Bertz CT molecular complexity index is 907. The number of amides is 1. The van der Waals surface area contributed by atoms with Gasteiger partial charge in [0.1, 0.15) is 12.4 Å². The van der Waals surface area contributed by atoms with Crippen LogP contribution in [0.4, 0.5) is 5.69 Å². The van der Waals surface area contributed by atoms with Gasteiger partial charge in [-0.15, -0.1) is 0 Å². The Balaban J connectivity index is 1.51. The first kappa shape index (κ1) is 18.1. The number of rotatable bonds is 7. The van der Waals surface area contributed by atoms with Gasteiger partial charge in [-0.3, -0.25) is 14.9 Å². The first-order valence-corrected chi connectivity index (χ1v) is 8.40. The van der Waals surface area contributed by atoms with Crippen LogP contribution in [0.2, 0.25) is 0 Å². The molecule has 0 radical (unpaired) electrons. The second-order valence-corrected chi connectivity index (χ2v) is 5.90. The highest BCUT2D eigenvalue weighted by atomic mass is 16.6. The average molecular weight is 362 g/mol. The fraction of sp³-hybridized carbons (Fsp3) is 0.0952. The summed E-state index contributed by atoms with van der Waals surface area (Å²) in [7, 11) is 0. The second kappa shape index (κ2) is 8.62. The average Bonchev–Trinajstić information content (AvgIpc) is 2.72. The van der Waals surface area contributed by atoms with Crippen molar-refractivity contribution in [3.8, 4) is 5.75 Å². The molecule has 3 aromatic rings. The summed E-state index contributed by atoms with van der Waals surface area (Å²) in [6.07, 6.45) is 0. The van der Waals surface area contributed by atoms with Crippen molar-refractivity contribution in [1.29, 1.82) is 0 Å². The number of carbonyl (C=O) groups is 1. The minimum Gasteiger partial charge on any atom is -0.489 e. The molecule has 6 heteroatoms. The van der Waals surface area contributed by atoms with Gasteiger partial charge in [0.2, 0.25) is 0 Å². The molecule has 0 saturated heterocycles. The van der Waals surface area contributed by atoms with Gasteiger partial charge in [0, 0.05) is 24.2 Å². The van der Waals surface area contributed by atoms with Gasteiger partial charge in [0.25, 0.3) is 11.6 Å². The van der Waals surface area contributed by atoms with Crippen LogP contribution in [0, 0.1) is 10.1 Å². The fourth-order valence-corrected chi connectivity index (χ4v) is 2.46. The van der Waals surface area contributed by atoms with E-state index in [4.69, 9.17) is 4.74 Å². The van der Waals surface area contributed by atoms with Gasteiger partial charge < -0.3 is 10.1 Å². The van der Waals surface area contributed by atoms with Crippen LogP contribution in [0.3, 0.4) is 0 Å². The Hall–Kier alpha value is -3.67. The number of carbonyl (C=O) groups excluding carboxylic acids is 1. The molecule has 0 atom stereocenters. The molecule has 0 unspecified atom stereocenters. The molecule has 0 saturated carbocycles. The molecule has 0 spiro atoms. The zero-order chi connectivity index (χ0) is 19.1. The third-order valence-corrected chi connectivity index (χ3v) is 3.97. The van der Waals surface area contributed by atoms with Crippen LogP contribution in [0.5, 0.6) is 5.75 Å². The maximum absolute atomic E-state index is 12.2. The van der Waals surface area contributed by atoms with E-state index in [0.29, 0.717) is 18.7 Å². The maximum atomic E-state index is 12.2. The molecule has 0 aliphatic carbocycles. The minimum atomic E-state index is -0.453. The molecule has 0 fully saturated rings. The smallest absolute Gasteiger partial charge is 0.269 e. The third-order valence-electron chi connectivity index (χ3n) is 3.97. The number of para-hydroxylation sites is 1. The van der Waals surface area contributed by atoms with E-state index in [1.165, 1.54) is 12.1 Å². The lowest BCUT2D eigenvalue weighted by molar-refractivity contribution is -0.384. The minimum absolute atomic E-state index is 0.0263. The number of benzene rings is 3. The fourth-order valence-electron chi connectivity index (χ4n) is 2.46. The molecule has 0 aliphatic heterocycles. The summed E-state index contributed by atoms with van der Waals surface area (Å²) in [5, 5.41) is 13.4. The SMILES string of the molecule is O=C(NCc1ccc([N+](=O)[O-])cc1)c1ccc(COc2ccccc2)cc1. The van der Waals surface area contributed by atoms with Gasteiger partial charge in [-0.2, -0.15) is 0 Å². The van der Waals surface area contributed by atoms with E-state index < -0.39 is 4.92 Å². The number of hydrogen-bond acceptors (Lipinski definition) is 4. The predicted molar refractivity (Wildman–Crippen MR) is 101 cm³/mol. The Morgan fingerprint density at radius 3 is 2.15 bits per heavy atom. The number of ether oxygens (including phenoxy) is 1. The molecule has 0 aromatic heterocycles. The first-order chi connectivity index (χ1) is 13.1. The van der Waals surface area contributed by atoms with Crippen molar-refractivity contribution in [2.24, 2.45) is 0 Å². The van der Waals surface area contributed by atoms with Gasteiger partial charge in [0.15, 0.2) is 0 Å². The maximum Gasteiger partial charge on any atom is 0.269 e. The summed E-state index contributed by atoms with van der Waals surface area (Å²) < 4.78 is 5.68. The highest BCUT2D eigenvalue weighted by Gasteiger charge is 2.07. The molecule has 3 aromatic carbocycles. The van der Waals surface area contributed by atoms with Crippen LogP contribution >= 0.6 is 0 Å². The van der Waals surface area contributed by atoms with Gasteiger partial charge in [-0.05, 0) is 35.4 Å². The summed E-state index contributed by atoms with van der Waals surface area (Å²) >= 11 is 0. The Kier molecular flexibility index (Phi) is 5.79. The number of nitro benzene ring substituents is 1. The molecule has 1 N–H and O–H groups in total. The van der Waals surface area contributed by atoms with Crippen molar-refractivity contribution >= 4 is 11.6 Å². The number of nitrogens with one attached hydrogen (secondary N) is 1. The lowest BCUT2D eigenvalue weighted by atomic mass is 10.1. The first-order valence-electron chi connectivity index (χ1n) is 8.40. The Labute approximate surface area is 156 Å². The molecule has 136 valence electrons. The van der Waals surface area contributed by atoms with Crippen molar-refractivity contribution in [3.63, 3.8) is 0 Å². The van der Waals surface area contributed by atoms with E-state index in [9.17, 15) is 14.9 Å². The molecule has 0 aliphatic rings. The van der Waals surface area contributed by atoms with Gasteiger partial charge in [0.05, 0.1) is 4.92 Å². The van der Waals surface area contributed by atoms with E-state index in [1.54, 1.807) is 24.3 Å². The molecule has 0 bridgehead atoms. The van der Waals surface area contributed by atoms with E-state index in [0.717, 1.165) is 16.9 Å². The predicted octanol–water partition coefficient (Wildman–Crippen LogP) is 4.10. The van der Waals surface area contributed by atoms with Crippen LogP contribution in [0.15, 0.2) is 78.9 Å². The van der Waals surface area contributed by atoms with Crippen molar-refractivity contribution in [1.82, 2.24) is 5.32 Å². The van der Waals surface area contributed by atoms with Crippen LogP contribution in [-0.4, -0.2) is 10.8 Å². The van der Waals surface area contributed by atoms with E-state index in [1.807, 2.05) is 42.5 Å². The zero-order valence-corrected chi connectivity index (χ0v) is 14.5. The van der Waals surface area contributed by atoms with Gasteiger partial charge >= 0.3 is 0 Å². The topological polar surface area (TPSA) is 81.5 Å². The van der Waals surface area contributed by atoms with E-state index in [-0.39, 0.29) is 11.6 Å². The molecule has 0 heterocycles. The van der Waals surface area contributed by atoms with Crippen molar-refractivity contribution in [3.05, 3.63) is 106 Å². The molecule has 27 heavy (non-hydrogen) atoms. The van der Waals surface area contributed by atoms with Crippen molar-refractivity contribution < 1.29 is 14.5 Å². The normalized spacial score (nSPS) is 10.2. The summed E-state index contributed by atoms with van der Waals surface area (Å²) in [4.78, 5) is 22.4. The third kappa shape index (κ3) is 5.15. The molecule has 3 rings (SSSR count). The van der Waals surface area contributed by atoms with Crippen LogP contribution in [0.1, 0.15) is 21.5 Å². The number of hydrogen-bond donors (Lipinski definition) is 1. The Morgan fingerprint density at radius 1 is 0.889 bits per heavy atom. The quantitative estimate of drug-likeness (QED) is 0.507. The van der Waals surface area contributed by atoms with Crippen LogP contribution < -0.4 is 10.1 Å². The summed E-state index contributed by atoms with van der Waals surface area (Å²) in [6, 6.07) is 22.8. The van der Waals surface area contributed by atoms with Gasteiger partial charge in [-0.25, -0.2) is 0 Å². The molecule has 1 amide bonds. The largest absolute Gasteiger partial charge is 0.489 e. The molecular formula is C21H18N2O4. The van der Waals surface area contributed by atoms with Crippen LogP contribution in [-0.2, 0) is 13.2 Å². The van der Waals surface area contributed by atoms with Crippen molar-refractivity contribution in [2.75, 3.05) is 0 Å². The standard InChI is InChI=1S/C21H18N2O4/c24-21(22-14-16-8-12-19(13-9-16)23(25)26)18-10-6-17(7-11-18)15-27-20-4-2-1-3-5-20/h1-13H,14-15H2,(H,22,24). The molecule has 6 nitrogen and oxygen atoms in total. The Morgan fingerprint density at radius 2 is 1.52 bits per heavy atom. The highest BCUT2D eigenvalue weighted by molar-refractivity contribution is 5.94. The number of nitrogens with zero attached hydrogens (tertiary/aromatic N) is 1. The van der Waals surface area contributed by atoms with Gasteiger partial charge in [-0.1, -0.05) is 42.5 Å². The summed E-state index contributed by atoms with van der Waals surface area (Å²) in [5.74, 6) is 0.589. The lowest BCUT2D eigenvalue weighted by Crippen LogP contribution is -2.22. The van der Waals surface area contributed by atoms with E-state index >= 15 is 0 Å². The van der Waals surface area contributed by atoms with E-state index in [2.05, 4.69) is 5.32 Å². The monoisotopic (exact) mass is 362 g/mol. The number of nitro groups is 1. The van der Waals surface area contributed by atoms with Crippen LogP contribution in [0.25, 0.3) is 0 Å². The zero-order valence-electron chi connectivity index (χ0n) is 14.5. The number of non-ortho nitro benzene ring substituents is 1. The molecular weight excluding hydrogens is 344 g/mol. The summed E-state index contributed by atoms with van der Waals surface area (Å²) in [6.45, 7) is 0.727. The lowest BCUT2D eigenvalue weighted by Gasteiger charge is -2.08.